The third-order valence-electron chi connectivity index (χ3n) is 4.69. The minimum absolute atomic E-state index is 0.0858. The summed E-state index contributed by atoms with van der Waals surface area (Å²) in [5.74, 6) is 0.743. The van der Waals surface area contributed by atoms with Gasteiger partial charge < -0.3 is 10.2 Å². The Morgan fingerprint density at radius 3 is 2.71 bits per heavy atom. The number of aromatic nitrogens is 4. The molecule has 0 aliphatic carbocycles. The van der Waals surface area contributed by atoms with E-state index in [1.165, 1.54) is 12.7 Å². The first-order chi connectivity index (χ1) is 11.8. The molecule has 2 aliphatic heterocycles. The topological polar surface area (TPSA) is 75.9 Å². The monoisotopic (exact) mass is 324 g/mol. The molecule has 1 amide bonds. The van der Waals surface area contributed by atoms with E-state index in [0.717, 1.165) is 42.8 Å². The molecule has 2 aliphatic rings. The summed E-state index contributed by atoms with van der Waals surface area (Å²) < 4.78 is 1.78. The number of hydrogen-bond acceptors (Lipinski definition) is 5. The summed E-state index contributed by atoms with van der Waals surface area (Å²) in [4.78, 5) is 23.5. The van der Waals surface area contributed by atoms with Gasteiger partial charge in [0.25, 0.3) is 5.91 Å². The number of nitrogens with one attached hydrogen (secondary N) is 1. The quantitative estimate of drug-likeness (QED) is 0.914. The van der Waals surface area contributed by atoms with Crippen LogP contribution in [-0.2, 0) is 4.79 Å². The molecule has 2 aromatic rings. The minimum Gasteiger partial charge on any atom is -0.339 e. The van der Waals surface area contributed by atoms with E-state index in [4.69, 9.17) is 0 Å². The van der Waals surface area contributed by atoms with E-state index in [2.05, 4.69) is 20.4 Å². The Labute approximate surface area is 140 Å². The Balaban J connectivity index is 1.78. The van der Waals surface area contributed by atoms with Crippen molar-refractivity contribution in [3.63, 3.8) is 0 Å². The van der Waals surface area contributed by atoms with Gasteiger partial charge in [-0.2, -0.15) is 10.1 Å². The molecule has 0 saturated carbocycles. The molecule has 1 fully saturated rings. The Hall–Kier alpha value is -2.70. The molecule has 4 heterocycles. The number of carbonyl (C=O) groups excluding carboxylic acids is 1. The standard InChI is InChI=1S/C17H20N6O/c1-12-14(16(24)22-9-3-2-4-10-22)15(13-5-7-18-8-6-13)23-17(21-12)19-11-20-23/h5-8,11,15H,2-4,9-10H2,1H3,(H,19,20,21)/t15-/m0/s1. The van der Waals surface area contributed by atoms with E-state index in [9.17, 15) is 4.79 Å². The summed E-state index contributed by atoms with van der Waals surface area (Å²) in [5, 5.41) is 7.56. The molecule has 124 valence electrons. The predicted octanol–water partition coefficient (Wildman–Crippen LogP) is 1.97. The highest BCUT2D eigenvalue weighted by molar-refractivity contribution is 5.96. The number of rotatable bonds is 2. The molecule has 1 atom stereocenters. The van der Waals surface area contributed by atoms with Gasteiger partial charge in [0.2, 0.25) is 5.95 Å². The summed E-state index contributed by atoms with van der Waals surface area (Å²) in [6.45, 7) is 3.58. The van der Waals surface area contributed by atoms with Crippen LogP contribution in [0, 0.1) is 0 Å². The number of fused-ring (bicyclic) bond motifs is 1. The number of carbonyl (C=O) groups is 1. The van der Waals surface area contributed by atoms with Gasteiger partial charge in [-0.3, -0.25) is 9.78 Å². The van der Waals surface area contributed by atoms with Crippen LogP contribution in [0.1, 0.15) is 37.8 Å². The van der Waals surface area contributed by atoms with E-state index in [1.807, 2.05) is 24.0 Å². The summed E-state index contributed by atoms with van der Waals surface area (Å²) in [6, 6.07) is 3.58. The number of pyridine rings is 1. The van der Waals surface area contributed by atoms with Crippen LogP contribution in [0.25, 0.3) is 0 Å². The van der Waals surface area contributed by atoms with Gasteiger partial charge in [-0.1, -0.05) is 0 Å². The second-order valence-electron chi connectivity index (χ2n) is 6.23. The van der Waals surface area contributed by atoms with E-state index < -0.39 is 0 Å². The third-order valence-corrected chi connectivity index (χ3v) is 4.69. The van der Waals surface area contributed by atoms with Crippen LogP contribution in [-0.4, -0.2) is 43.6 Å². The number of anilines is 1. The summed E-state index contributed by atoms with van der Waals surface area (Å²) in [6.07, 6.45) is 8.33. The molecule has 2 aromatic heterocycles. The normalized spacial score (nSPS) is 20.5. The lowest BCUT2D eigenvalue weighted by atomic mass is 9.94. The number of nitrogens with zero attached hydrogens (tertiary/aromatic N) is 5. The maximum absolute atomic E-state index is 13.2. The molecule has 1 N–H and O–H groups in total. The van der Waals surface area contributed by atoms with Crippen LogP contribution in [0.15, 0.2) is 42.1 Å². The van der Waals surface area contributed by atoms with Gasteiger partial charge in [0.05, 0.1) is 5.57 Å². The molecule has 0 unspecified atom stereocenters. The van der Waals surface area contributed by atoms with Crippen LogP contribution < -0.4 is 5.32 Å². The van der Waals surface area contributed by atoms with Crippen LogP contribution >= 0.6 is 0 Å². The number of piperidine rings is 1. The smallest absolute Gasteiger partial charge is 0.254 e. The average molecular weight is 324 g/mol. The number of amides is 1. The van der Waals surface area contributed by atoms with Crippen molar-refractivity contribution < 1.29 is 4.79 Å². The summed E-state index contributed by atoms with van der Waals surface area (Å²) in [5.41, 5.74) is 2.56. The van der Waals surface area contributed by atoms with Crippen molar-refractivity contribution in [2.75, 3.05) is 18.4 Å². The molecule has 24 heavy (non-hydrogen) atoms. The van der Waals surface area contributed by atoms with Gasteiger partial charge in [0, 0.05) is 31.2 Å². The predicted molar refractivity (Wildman–Crippen MR) is 89.2 cm³/mol. The first kappa shape index (κ1) is 14.9. The number of likely N-dealkylation sites (tertiary alicyclic amines) is 1. The van der Waals surface area contributed by atoms with Crippen molar-refractivity contribution in [3.05, 3.63) is 47.7 Å². The van der Waals surface area contributed by atoms with Crippen molar-refractivity contribution in [1.82, 2.24) is 24.6 Å². The zero-order valence-electron chi connectivity index (χ0n) is 13.6. The van der Waals surface area contributed by atoms with E-state index in [1.54, 1.807) is 17.1 Å². The molecule has 0 radical (unpaired) electrons. The Morgan fingerprint density at radius 2 is 1.96 bits per heavy atom. The van der Waals surface area contributed by atoms with Crippen molar-refractivity contribution >= 4 is 11.9 Å². The van der Waals surface area contributed by atoms with Gasteiger partial charge in [-0.25, -0.2) is 4.68 Å². The van der Waals surface area contributed by atoms with Gasteiger partial charge >= 0.3 is 0 Å². The molecule has 0 bridgehead atoms. The maximum Gasteiger partial charge on any atom is 0.254 e. The minimum atomic E-state index is -0.277. The van der Waals surface area contributed by atoms with Crippen molar-refractivity contribution in [2.24, 2.45) is 0 Å². The lowest BCUT2D eigenvalue weighted by molar-refractivity contribution is -0.128. The first-order valence-corrected chi connectivity index (χ1v) is 8.32. The van der Waals surface area contributed by atoms with Gasteiger partial charge in [-0.15, -0.1) is 0 Å². The Morgan fingerprint density at radius 1 is 1.21 bits per heavy atom. The number of allylic oxidation sites excluding steroid dienone is 1. The van der Waals surface area contributed by atoms with E-state index >= 15 is 0 Å². The van der Waals surface area contributed by atoms with E-state index in [0.29, 0.717) is 5.95 Å². The molecule has 4 rings (SSSR count). The molecule has 0 spiro atoms. The highest BCUT2D eigenvalue weighted by Gasteiger charge is 2.35. The molecular weight excluding hydrogens is 304 g/mol. The molecule has 7 heteroatoms. The highest BCUT2D eigenvalue weighted by Crippen LogP contribution is 2.35. The average Bonchev–Trinajstić information content (AvgIpc) is 3.09. The molecular formula is C17H20N6O. The second-order valence-corrected chi connectivity index (χ2v) is 6.23. The molecule has 7 nitrogen and oxygen atoms in total. The van der Waals surface area contributed by atoms with Crippen LogP contribution in [0.4, 0.5) is 5.95 Å². The third kappa shape index (κ3) is 2.46. The Kier molecular flexibility index (Phi) is 3.76. The van der Waals surface area contributed by atoms with Gasteiger partial charge in [0.15, 0.2) is 0 Å². The lowest BCUT2D eigenvalue weighted by Crippen LogP contribution is -2.41. The van der Waals surface area contributed by atoms with Crippen LogP contribution in [0.5, 0.6) is 0 Å². The zero-order valence-corrected chi connectivity index (χ0v) is 13.6. The summed E-state index contributed by atoms with van der Waals surface area (Å²) in [7, 11) is 0. The zero-order chi connectivity index (χ0) is 16.5. The first-order valence-electron chi connectivity index (χ1n) is 8.32. The van der Waals surface area contributed by atoms with Gasteiger partial charge in [-0.05, 0) is 43.9 Å². The summed E-state index contributed by atoms with van der Waals surface area (Å²) >= 11 is 0. The lowest BCUT2D eigenvalue weighted by Gasteiger charge is -2.33. The number of hydrogen-bond donors (Lipinski definition) is 1. The second kappa shape index (κ2) is 6.07. The highest BCUT2D eigenvalue weighted by atomic mass is 16.2. The largest absolute Gasteiger partial charge is 0.339 e. The van der Waals surface area contributed by atoms with Gasteiger partial charge in [0.1, 0.15) is 12.4 Å². The maximum atomic E-state index is 13.2. The van der Waals surface area contributed by atoms with Crippen LogP contribution in [0.2, 0.25) is 0 Å². The van der Waals surface area contributed by atoms with Crippen LogP contribution in [0.3, 0.4) is 0 Å². The fourth-order valence-corrected chi connectivity index (χ4v) is 3.49. The van der Waals surface area contributed by atoms with E-state index in [-0.39, 0.29) is 11.9 Å². The fraction of sp³-hybridized carbons (Fsp3) is 0.412. The fourth-order valence-electron chi connectivity index (χ4n) is 3.49. The Bertz CT molecular complexity index is 775. The molecule has 1 saturated heterocycles. The molecule has 0 aromatic carbocycles. The SMILES string of the molecule is CC1=C(C(=O)N2CCCCC2)[C@H](c2ccncc2)n2ncnc2N1. The van der Waals surface area contributed by atoms with Crippen molar-refractivity contribution in [2.45, 2.75) is 32.2 Å². The van der Waals surface area contributed by atoms with Crippen molar-refractivity contribution in [1.29, 1.82) is 0 Å². The van der Waals surface area contributed by atoms with Crippen molar-refractivity contribution in [3.8, 4) is 0 Å².